The number of rotatable bonds is 4. The summed E-state index contributed by atoms with van der Waals surface area (Å²) >= 11 is 0. The first kappa shape index (κ1) is 11.1. The van der Waals surface area contributed by atoms with Gasteiger partial charge < -0.3 is 0 Å². The van der Waals surface area contributed by atoms with Gasteiger partial charge in [-0.1, -0.05) is 65.0 Å². The third kappa shape index (κ3) is 4.50. The van der Waals surface area contributed by atoms with E-state index in [-0.39, 0.29) is 0 Å². The summed E-state index contributed by atoms with van der Waals surface area (Å²) in [7, 11) is 2.49. The molecule has 11 heavy (non-hydrogen) atoms. The highest BCUT2D eigenvalue weighted by molar-refractivity contribution is 6.43. The summed E-state index contributed by atoms with van der Waals surface area (Å²) in [6.45, 7) is 13.7. The van der Waals surface area contributed by atoms with E-state index in [0.29, 0.717) is 10.6 Å². The molecule has 0 bridgehead atoms. The average molecular weight is 153 g/mol. The van der Waals surface area contributed by atoms with Gasteiger partial charge in [-0.05, 0) is 0 Å². The SMILES string of the molecule is CCC(C)(C)[B]C(C)(C)CC. The molecule has 0 fully saturated rings. The van der Waals surface area contributed by atoms with E-state index in [9.17, 15) is 0 Å². The van der Waals surface area contributed by atoms with Crippen LogP contribution in [0.25, 0.3) is 0 Å². The monoisotopic (exact) mass is 153 g/mol. The van der Waals surface area contributed by atoms with Gasteiger partial charge in [-0.25, -0.2) is 0 Å². The predicted octanol–water partition coefficient (Wildman–Crippen LogP) is 3.91. The van der Waals surface area contributed by atoms with Crippen LogP contribution in [-0.2, 0) is 0 Å². The number of hydrogen-bond acceptors (Lipinski definition) is 0. The molecule has 0 saturated carbocycles. The fourth-order valence-electron chi connectivity index (χ4n) is 1.26. The van der Waals surface area contributed by atoms with E-state index in [1.165, 1.54) is 12.8 Å². The van der Waals surface area contributed by atoms with Crippen molar-refractivity contribution < 1.29 is 0 Å². The second kappa shape index (κ2) is 3.64. The lowest BCUT2D eigenvalue weighted by atomic mass is 9.39. The van der Waals surface area contributed by atoms with Crippen molar-refractivity contribution in [2.24, 2.45) is 0 Å². The molecule has 0 unspecified atom stereocenters. The van der Waals surface area contributed by atoms with E-state index < -0.39 is 0 Å². The van der Waals surface area contributed by atoms with Gasteiger partial charge >= 0.3 is 0 Å². The average Bonchev–Trinajstić information content (AvgIpc) is 1.86. The van der Waals surface area contributed by atoms with Gasteiger partial charge in [0.1, 0.15) is 7.28 Å². The summed E-state index contributed by atoms with van der Waals surface area (Å²) in [5, 5.41) is 0.805. The summed E-state index contributed by atoms with van der Waals surface area (Å²) < 4.78 is 0. The summed E-state index contributed by atoms with van der Waals surface area (Å²) in [4.78, 5) is 0. The molecule has 0 saturated heterocycles. The van der Waals surface area contributed by atoms with Crippen LogP contribution in [0.5, 0.6) is 0 Å². The van der Waals surface area contributed by atoms with E-state index in [0.717, 1.165) is 0 Å². The molecule has 0 aliphatic heterocycles. The van der Waals surface area contributed by atoms with Crippen molar-refractivity contribution in [3.8, 4) is 0 Å². The van der Waals surface area contributed by atoms with Crippen molar-refractivity contribution in [2.75, 3.05) is 0 Å². The van der Waals surface area contributed by atoms with Crippen LogP contribution in [-0.4, -0.2) is 7.28 Å². The molecule has 0 aliphatic carbocycles. The lowest BCUT2D eigenvalue weighted by Gasteiger charge is -2.32. The first-order valence-corrected chi connectivity index (χ1v) is 4.70. The highest BCUT2D eigenvalue weighted by Gasteiger charge is 2.27. The Labute approximate surface area is 73.0 Å². The summed E-state index contributed by atoms with van der Waals surface area (Å²) in [6.07, 6.45) is 2.47. The van der Waals surface area contributed by atoms with Crippen LogP contribution in [0.1, 0.15) is 54.4 Å². The topological polar surface area (TPSA) is 0 Å². The highest BCUT2D eigenvalue weighted by atomic mass is 14.2. The minimum atomic E-state index is 0.402. The van der Waals surface area contributed by atoms with Gasteiger partial charge in [-0.2, -0.15) is 0 Å². The molecular weight excluding hydrogens is 131 g/mol. The van der Waals surface area contributed by atoms with Crippen molar-refractivity contribution >= 4 is 7.28 Å². The molecule has 0 heterocycles. The van der Waals surface area contributed by atoms with Crippen LogP contribution in [0.2, 0.25) is 10.6 Å². The van der Waals surface area contributed by atoms with E-state index >= 15 is 0 Å². The van der Waals surface area contributed by atoms with Gasteiger partial charge in [0.25, 0.3) is 0 Å². The smallest absolute Gasteiger partial charge is 0.0671 e. The molecule has 0 rings (SSSR count). The summed E-state index contributed by atoms with van der Waals surface area (Å²) in [5.41, 5.74) is 0. The predicted molar refractivity (Wildman–Crippen MR) is 54.4 cm³/mol. The minimum absolute atomic E-state index is 0.402. The zero-order valence-corrected chi connectivity index (χ0v) is 8.99. The second-order valence-corrected chi connectivity index (χ2v) is 4.83. The Bertz CT molecular complexity index is 100. The van der Waals surface area contributed by atoms with Crippen molar-refractivity contribution in [1.29, 1.82) is 0 Å². The molecule has 0 aromatic carbocycles. The summed E-state index contributed by atoms with van der Waals surface area (Å²) in [5.74, 6) is 0. The Morgan fingerprint density at radius 3 is 1.27 bits per heavy atom. The zero-order chi connectivity index (χ0) is 9.12. The van der Waals surface area contributed by atoms with Gasteiger partial charge in [-0.15, -0.1) is 0 Å². The van der Waals surface area contributed by atoms with Gasteiger partial charge in [0, 0.05) is 0 Å². The fourth-order valence-corrected chi connectivity index (χ4v) is 1.26. The Morgan fingerprint density at radius 1 is 0.818 bits per heavy atom. The fraction of sp³-hybridized carbons (Fsp3) is 1.00. The summed E-state index contributed by atoms with van der Waals surface area (Å²) in [6, 6.07) is 0. The van der Waals surface area contributed by atoms with Crippen LogP contribution >= 0.6 is 0 Å². The first-order valence-electron chi connectivity index (χ1n) is 4.70. The van der Waals surface area contributed by atoms with Gasteiger partial charge in [0.05, 0.1) is 0 Å². The zero-order valence-electron chi connectivity index (χ0n) is 8.99. The van der Waals surface area contributed by atoms with E-state index in [2.05, 4.69) is 48.8 Å². The maximum atomic E-state index is 2.49. The molecule has 0 aromatic heterocycles. The van der Waals surface area contributed by atoms with Gasteiger partial charge in [0.15, 0.2) is 0 Å². The molecule has 0 aliphatic rings. The number of hydrogen-bond donors (Lipinski definition) is 0. The lowest BCUT2D eigenvalue weighted by Crippen LogP contribution is -2.22. The van der Waals surface area contributed by atoms with Crippen LogP contribution in [0, 0.1) is 0 Å². The van der Waals surface area contributed by atoms with Crippen LogP contribution in [0.15, 0.2) is 0 Å². The third-order valence-corrected chi connectivity index (χ3v) is 2.60. The first-order chi connectivity index (χ1) is 4.83. The molecule has 0 N–H and O–H groups in total. The van der Waals surface area contributed by atoms with E-state index in [1.807, 2.05) is 0 Å². The van der Waals surface area contributed by atoms with Gasteiger partial charge in [0.2, 0.25) is 0 Å². The third-order valence-electron chi connectivity index (χ3n) is 2.60. The Morgan fingerprint density at radius 2 is 1.09 bits per heavy atom. The Balaban J connectivity index is 4.02. The molecule has 0 spiro atoms. The molecule has 65 valence electrons. The molecular formula is C10H22B. The van der Waals surface area contributed by atoms with Crippen molar-refractivity contribution in [3.63, 3.8) is 0 Å². The molecule has 0 atom stereocenters. The largest absolute Gasteiger partial charge is 0.124 e. The normalized spacial score (nSPS) is 13.3. The van der Waals surface area contributed by atoms with Gasteiger partial charge in [-0.3, -0.25) is 0 Å². The van der Waals surface area contributed by atoms with Crippen LogP contribution in [0.3, 0.4) is 0 Å². The second-order valence-electron chi connectivity index (χ2n) is 4.83. The molecule has 0 aromatic rings. The minimum Gasteiger partial charge on any atom is -0.0671 e. The van der Waals surface area contributed by atoms with Crippen molar-refractivity contribution in [1.82, 2.24) is 0 Å². The quantitative estimate of drug-likeness (QED) is 0.537. The van der Waals surface area contributed by atoms with Crippen molar-refractivity contribution in [3.05, 3.63) is 0 Å². The molecule has 1 heteroatoms. The maximum absolute atomic E-state index is 2.49. The van der Waals surface area contributed by atoms with Crippen LogP contribution < -0.4 is 0 Å². The molecule has 0 nitrogen and oxygen atoms in total. The Hall–Kier alpha value is 0.0649. The standard InChI is InChI=1S/C10H22B/c1-7-9(3,4)11-10(5,6)8-2/h7-8H2,1-6H3. The lowest BCUT2D eigenvalue weighted by molar-refractivity contribution is 0.570. The van der Waals surface area contributed by atoms with Crippen molar-refractivity contribution in [2.45, 2.75) is 65.0 Å². The Kier molecular flexibility index (Phi) is 3.67. The molecule has 1 radical (unpaired) electrons. The van der Waals surface area contributed by atoms with E-state index in [4.69, 9.17) is 0 Å². The highest BCUT2D eigenvalue weighted by Crippen LogP contribution is 2.39. The maximum Gasteiger partial charge on any atom is 0.124 e. The molecule has 0 amide bonds. The van der Waals surface area contributed by atoms with E-state index in [1.54, 1.807) is 0 Å². The van der Waals surface area contributed by atoms with Crippen LogP contribution in [0.4, 0.5) is 0 Å².